The molecule has 0 radical (unpaired) electrons. The third-order valence-electron chi connectivity index (χ3n) is 2.63. The molecule has 0 heterocycles. The Balaban J connectivity index is 2.29. The molecule has 0 unspecified atom stereocenters. The molecule has 0 aliphatic heterocycles. The van der Waals surface area contributed by atoms with Gasteiger partial charge in [0.2, 0.25) is 0 Å². The largest absolute Gasteiger partial charge is 0.379 e. The van der Waals surface area contributed by atoms with Crippen LogP contribution in [-0.2, 0) is 16.1 Å². The second kappa shape index (κ2) is 6.77. The molecule has 2 heteroatoms. The molecule has 0 spiro atoms. The summed E-state index contributed by atoms with van der Waals surface area (Å²) in [6.07, 6.45) is 1.21. The van der Waals surface area contributed by atoms with E-state index in [0.717, 1.165) is 13.0 Å². The molecule has 96 valence electrons. The summed E-state index contributed by atoms with van der Waals surface area (Å²) in [6.45, 7) is 9.74. The minimum Gasteiger partial charge on any atom is -0.379 e. The van der Waals surface area contributed by atoms with Crippen LogP contribution >= 0.6 is 0 Å². The maximum atomic E-state index is 5.92. The van der Waals surface area contributed by atoms with Crippen LogP contribution in [0.5, 0.6) is 0 Å². The Morgan fingerprint density at radius 1 is 1.12 bits per heavy atom. The zero-order valence-electron chi connectivity index (χ0n) is 11.4. The van der Waals surface area contributed by atoms with Gasteiger partial charge in [0.1, 0.15) is 0 Å². The highest BCUT2D eigenvalue weighted by molar-refractivity contribution is 5.13. The normalized spacial score (nSPS) is 12.1. The van der Waals surface area contributed by atoms with E-state index in [-0.39, 0.29) is 5.60 Å². The van der Waals surface area contributed by atoms with Gasteiger partial charge in [-0.2, -0.15) is 0 Å². The van der Waals surface area contributed by atoms with E-state index in [2.05, 4.69) is 39.8 Å². The molecule has 0 N–H and O–H groups in total. The Labute approximate surface area is 105 Å². The topological polar surface area (TPSA) is 18.5 Å². The molecular formula is C15H24O2. The lowest BCUT2D eigenvalue weighted by atomic mass is 10.1. The summed E-state index contributed by atoms with van der Waals surface area (Å²) in [5.41, 5.74) is 1.08. The molecule has 0 bridgehead atoms. The Kier molecular flexibility index (Phi) is 5.66. The van der Waals surface area contributed by atoms with Gasteiger partial charge in [-0.3, -0.25) is 0 Å². The van der Waals surface area contributed by atoms with Gasteiger partial charge in [0, 0.05) is 6.61 Å². The van der Waals surface area contributed by atoms with Gasteiger partial charge >= 0.3 is 0 Å². The van der Waals surface area contributed by atoms with E-state index in [4.69, 9.17) is 9.47 Å². The van der Waals surface area contributed by atoms with Crippen molar-refractivity contribution < 1.29 is 9.47 Å². The third-order valence-corrected chi connectivity index (χ3v) is 2.63. The van der Waals surface area contributed by atoms with E-state index in [1.165, 1.54) is 5.56 Å². The minimum atomic E-state index is -0.134. The van der Waals surface area contributed by atoms with Gasteiger partial charge in [-0.1, -0.05) is 30.3 Å². The Bertz CT molecular complexity index is 304. The van der Waals surface area contributed by atoms with Gasteiger partial charge in [0.05, 0.1) is 18.3 Å². The maximum Gasteiger partial charge on any atom is 0.0724 e. The summed E-state index contributed by atoms with van der Waals surface area (Å²) in [5, 5.41) is 0. The summed E-state index contributed by atoms with van der Waals surface area (Å²) in [5.74, 6) is 0. The maximum absolute atomic E-state index is 5.92. The van der Waals surface area contributed by atoms with Gasteiger partial charge in [-0.05, 0) is 39.7 Å². The van der Waals surface area contributed by atoms with E-state index in [1.54, 1.807) is 0 Å². The fourth-order valence-corrected chi connectivity index (χ4v) is 1.47. The van der Waals surface area contributed by atoms with Crippen molar-refractivity contribution in [2.45, 2.75) is 52.4 Å². The van der Waals surface area contributed by atoms with Crippen molar-refractivity contribution in [3.05, 3.63) is 35.9 Å². The van der Waals surface area contributed by atoms with Crippen molar-refractivity contribution in [3.8, 4) is 0 Å². The molecule has 0 amide bonds. The lowest BCUT2D eigenvalue weighted by Gasteiger charge is -2.25. The van der Waals surface area contributed by atoms with Gasteiger partial charge in [0.15, 0.2) is 0 Å². The van der Waals surface area contributed by atoms with Crippen LogP contribution in [0.4, 0.5) is 0 Å². The number of hydrogen-bond donors (Lipinski definition) is 0. The summed E-state index contributed by atoms with van der Waals surface area (Å²) < 4.78 is 11.5. The van der Waals surface area contributed by atoms with Crippen molar-refractivity contribution in [1.29, 1.82) is 0 Å². The predicted molar refractivity (Wildman–Crippen MR) is 71.0 cm³/mol. The van der Waals surface area contributed by atoms with Crippen molar-refractivity contribution in [2.75, 3.05) is 6.61 Å². The lowest BCUT2D eigenvalue weighted by Crippen LogP contribution is -2.26. The SMILES string of the molecule is CC(C)OCCC(C)(C)OCc1ccccc1. The average Bonchev–Trinajstić information content (AvgIpc) is 2.27. The van der Waals surface area contributed by atoms with Crippen molar-refractivity contribution in [2.24, 2.45) is 0 Å². The molecule has 0 aliphatic rings. The van der Waals surface area contributed by atoms with Crippen LogP contribution in [0.1, 0.15) is 39.7 Å². The number of ether oxygens (including phenoxy) is 2. The van der Waals surface area contributed by atoms with Crippen molar-refractivity contribution >= 4 is 0 Å². The lowest BCUT2D eigenvalue weighted by molar-refractivity contribution is -0.0563. The van der Waals surface area contributed by atoms with Gasteiger partial charge in [-0.15, -0.1) is 0 Å². The summed E-state index contributed by atoms with van der Waals surface area (Å²) in [6, 6.07) is 10.3. The molecule has 1 rings (SSSR count). The number of rotatable bonds is 7. The van der Waals surface area contributed by atoms with Crippen LogP contribution in [0.25, 0.3) is 0 Å². The Hall–Kier alpha value is -0.860. The van der Waals surface area contributed by atoms with Gasteiger partial charge < -0.3 is 9.47 Å². The van der Waals surface area contributed by atoms with Crippen LogP contribution in [0, 0.1) is 0 Å². The van der Waals surface area contributed by atoms with Crippen LogP contribution in [-0.4, -0.2) is 18.3 Å². The summed E-state index contributed by atoms with van der Waals surface area (Å²) in [7, 11) is 0. The second-order valence-electron chi connectivity index (χ2n) is 5.20. The quantitative estimate of drug-likeness (QED) is 0.717. The summed E-state index contributed by atoms with van der Waals surface area (Å²) >= 11 is 0. The standard InChI is InChI=1S/C15H24O2/c1-13(2)16-11-10-15(3,4)17-12-14-8-6-5-7-9-14/h5-9,13H,10-12H2,1-4H3. The molecule has 17 heavy (non-hydrogen) atoms. The molecule has 0 fully saturated rings. The van der Waals surface area contributed by atoms with Crippen LogP contribution in [0.2, 0.25) is 0 Å². The first-order valence-corrected chi connectivity index (χ1v) is 6.29. The smallest absolute Gasteiger partial charge is 0.0724 e. The molecule has 2 nitrogen and oxygen atoms in total. The first kappa shape index (κ1) is 14.2. The van der Waals surface area contributed by atoms with Gasteiger partial charge in [0.25, 0.3) is 0 Å². The Morgan fingerprint density at radius 3 is 2.35 bits per heavy atom. The molecule has 1 aromatic carbocycles. The molecule has 1 aromatic rings. The second-order valence-corrected chi connectivity index (χ2v) is 5.20. The van der Waals surface area contributed by atoms with E-state index in [1.807, 2.05) is 18.2 Å². The van der Waals surface area contributed by atoms with E-state index in [9.17, 15) is 0 Å². The minimum absolute atomic E-state index is 0.134. The first-order valence-electron chi connectivity index (χ1n) is 6.29. The molecule has 0 atom stereocenters. The first-order chi connectivity index (χ1) is 7.99. The zero-order valence-corrected chi connectivity index (χ0v) is 11.4. The zero-order chi connectivity index (χ0) is 12.7. The Morgan fingerprint density at radius 2 is 1.76 bits per heavy atom. The van der Waals surface area contributed by atoms with Gasteiger partial charge in [-0.25, -0.2) is 0 Å². The predicted octanol–water partition coefficient (Wildman–Crippen LogP) is 3.80. The molecule has 0 saturated carbocycles. The van der Waals surface area contributed by atoms with E-state index >= 15 is 0 Å². The highest BCUT2D eigenvalue weighted by Gasteiger charge is 2.18. The fraction of sp³-hybridized carbons (Fsp3) is 0.600. The highest BCUT2D eigenvalue weighted by Crippen LogP contribution is 2.17. The fourth-order valence-electron chi connectivity index (χ4n) is 1.47. The average molecular weight is 236 g/mol. The highest BCUT2D eigenvalue weighted by atomic mass is 16.5. The van der Waals surface area contributed by atoms with Crippen LogP contribution in [0.15, 0.2) is 30.3 Å². The van der Waals surface area contributed by atoms with E-state index in [0.29, 0.717) is 12.7 Å². The monoisotopic (exact) mass is 236 g/mol. The number of benzene rings is 1. The molecular weight excluding hydrogens is 212 g/mol. The summed E-state index contributed by atoms with van der Waals surface area (Å²) in [4.78, 5) is 0. The van der Waals surface area contributed by atoms with Crippen molar-refractivity contribution in [3.63, 3.8) is 0 Å². The third kappa shape index (κ3) is 6.44. The molecule has 0 aromatic heterocycles. The van der Waals surface area contributed by atoms with Crippen LogP contribution < -0.4 is 0 Å². The van der Waals surface area contributed by atoms with Crippen LogP contribution in [0.3, 0.4) is 0 Å². The van der Waals surface area contributed by atoms with Crippen molar-refractivity contribution in [1.82, 2.24) is 0 Å². The number of hydrogen-bond acceptors (Lipinski definition) is 2. The molecule has 0 aliphatic carbocycles. The molecule has 0 saturated heterocycles. The van der Waals surface area contributed by atoms with E-state index < -0.39 is 0 Å².